The second-order valence-corrected chi connectivity index (χ2v) is 8.03. The number of hydrogen-bond acceptors (Lipinski definition) is 8. The van der Waals surface area contributed by atoms with Crippen LogP contribution in [-0.4, -0.2) is 47.2 Å². The average molecular weight is 468 g/mol. The van der Waals surface area contributed by atoms with Crippen LogP contribution in [0, 0.1) is 0 Å². The molecule has 0 radical (unpaired) electrons. The molecule has 2 aromatic heterocycles. The van der Waals surface area contributed by atoms with Crippen molar-refractivity contribution in [2.24, 2.45) is 0 Å². The van der Waals surface area contributed by atoms with E-state index in [-0.39, 0.29) is 5.91 Å². The molecule has 0 spiro atoms. The molecule has 9 heteroatoms. The first kappa shape index (κ1) is 22.3. The van der Waals surface area contributed by atoms with Gasteiger partial charge < -0.3 is 26.0 Å². The summed E-state index contributed by atoms with van der Waals surface area (Å²) in [6.07, 6.45) is 2.85. The lowest BCUT2D eigenvalue weighted by Gasteiger charge is -2.28. The number of nitrogens with two attached hydrogens (primary N) is 1. The Kier molecular flexibility index (Phi) is 6.23. The summed E-state index contributed by atoms with van der Waals surface area (Å²) in [5.74, 6) is 0.454. The van der Waals surface area contributed by atoms with Crippen LogP contribution in [0.25, 0.3) is 22.2 Å². The summed E-state index contributed by atoms with van der Waals surface area (Å²) in [5.41, 5.74) is 11.0. The Bertz CT molecular complexity index is 1380. The van der Waals surface area contributed by atoms with Crippen LogP contribution in [-0.2, 0) is 9.53 Å². The highest BCUT2D eigenvalue weighted by molar-refractivity contribution is 6.01. The molecule has 1 aliphatic rings. The van der Waals surface area contributed by atoms with Crippen molar-refractivity contribution < 1.29 is 9.53 Å². The molecule has 3 heterocycles. The molecule has 0 aliphatic carbocycles. The molecule has 176 valence electrons. The first-order chi connectivity index (χ1) is 17.1. The van der Waals surface area contributed by atoms with Crippen molar-refractivity contribution in [3.63, 3.8) is 0 Å². The second-order valence-electron chi connectivity index (χ2n) is 8.03. The topological polar surface area (TPSA) is 118 Å². The van der Waals surface area contributed by atoms with Crippen LogP contribution in [0.2, 0.25) is 0 Å². The van der Waals surface area contributed by atoms with E-state index in [4.69, 9.17) is 15.5 Å². The van der Waals surface area contributed by atoms with E-state index in [2.05, 4.69) is 44.2 Å². The fourth-order valence-corrected chi connectivity index (χ4v) is 3.99. The van der Waals surface area contributed by atoms with Crippen LogP contribution in [0.4, 0.5) is 28.8 Å². The van der Waals surface area contributed by atoms with E-state index >= 15 is 0 Å². The normalized spacial score (nSPS) is 13.4. The number of nitrogen functional groups attached to an aromatic ring is 1. The highest BCUT2D eigenvalue weighted by atomic mass is 16.5. The molecule has 4 N–H and O–H groups in total. The number of hydrogen-bond donors (Lipinski definition) is 3. The van der Waals surface area contributed by atoms with Crippen LogP contribution in [0.1, 0.15) is 0 Å². The van der Waals surface area contributed by atoms with Crippen molar-refractivity contribution in [1.82, 2.24) is 15.0 Å². The van der Waals surface area contributed by atoms with Gasteiger partial charge in [0.05, 0.1) is 24.4 Å². The summed E-state index contributed by atoms with van der Waals surface area (Å²) < 4.78 is 5.43. The van der Waals surface area contributed by atoms with Crippen molar-refractivity contribution >= 4 is 45.6 Å². The number of ether oxygens (including phenoxy) is 1. The number of aromatic nitrogens is 3. The van der Waals surface area contributed by atoms with E-state index in [1.807, 2.05) is 30.3 Å². The third-order valence-electron chi connectivity index (χ3n) is 5.74. The van der Waals surface area contributed by atoms with E-state index in [1.165, 1.54) is 6.08 Å². The molecule has 0 unspecified atom stereocenters. The number of carbonyl (C=O) groups excluding carboxylic acids is 1. The van der Waals surface area contributed by atoms with Gasteiger partial charge in [0.1, 0.15) is 5.82 Å². The van der Waals surface area contributed by atoms with Gasteiger partial charge in [0, 0.05) is 47.3 Å². The minimum Gasteiger partial charge on any atom is -0.383 e. The van der Waals surface area contributed by atoms with Crippen LogP contribution < -0.4 is 21.3 Å². The third-order valence-corrected chi connectivity index (χ3v) is 5.74. The molecule has 1 fully saturated rings. The van der Waals surface area contributed by atoms with E-state index in [1.54, 1.807) is 18.3 Å². The Balaban J connectivity index is 1.45. The number of fused-ring (bicyclic) bond motifs is 1. The Morgan fingerprint density at radius 1 is 1.06 bits per heavy atom. The minimum absolute atomic E-state index is 0.294. The first-order valence-electron chi connectivity index (χ1n) is 11.3. The number of anilines is 5. The van der Waals surface area contributed by atoms with E-state index < -0.39 is 0 Å². The van der Waals surface area contributed by atoms with Gasteiger partial charge in [-0.05, 0) is 48.5 Å². The van der Waals surface area contributed by atoms with Crippen molar-refractivity contribution in [3.8, 4) is 11.3 Å². The zero-order valence-corrected chi connectivity index (χ0v) is 19.1. The SMILES string of the molecule is C=CC(=O)Nc1ccnc(-c2cccc3c(N)nc(Nc4ccc(N5CCOCC5)cc4)nc23)c1. The molecule has 0 bridgehead atoms. The fraction of sp³-hybridized carbons (Fsp3) is 0.154. The number of benzene rings is 2. The standard InChI is InChI=1S/C26H25N7O2/c1-2-23(34)29-18-10-11-28-22(16-18)20-4-3-5-21-24(20)31-26(32-25(21)27)30-17-6-8-19(9-7-17)33-12-14-35-15-13-33/h2-11,16H,1,12-15H2,(H,28,29,34)(H3,27,30,31,32). The number of nitrogens with one attached hydrogen (secondary N) is 2. The molecule has 4 aromatic rings. The Morgan fingerprint density at radius 2 is 1.86 bits per heavy atom. The molecule has 0 saturated carbocycles. The van der Waals surface area contributed by atoms with E-state index in [9.17, 15) is 4.79 Å². The van der Waals surface area contributed by atoms with Crippen LogP contribution >= 0.6 is 0 Å². The van der Waals surface area contributed by atoms with Gasteiger partial charge in [-0.2, -0.15) is 4.98 Å². The highest BCUT2D eigenvalue weighted by Gasteiger charge is 2.14. The lowest BCUT2D eigenvalue weighted by atomic mass is 10.1. The predicted octanol–water partition coefficient (Wildman–Crippen LogP) is 3.98. The maximum atomic E-state index is 11.7. The van der Waals surface area contributed by atoms with Gasteiger partial charge in [0.15, 0.2) is 0 Å². The first-order valence-corrected chi connectivity index (χ1v) is 11.3. The predicted molar refractivity (Wildman–Crippen MR) is 139 cm³/mol. The summed E-state index contributed by atoms with van der Waals surface area (Å²) in [5, 5.41) is 6.73. The molecule has 2 aromatic carbocycles. The smallest absolute Gasteiger partial charge is 0.247 e. The summed E-state index contributed by atoms with van der Waals surface area (Å²) in [7, 11) is 0. The van der Waals surface area contributed by atoms with Crippen molar-refractivity contribution in [1.29, 1.82) is 0 Å². The van der Waals surface area contributed by atoms with E-state index in [0.29, 0.717) is 28.7 Å². The van der Waals surface area contributed by atoms with Gasteiger partial charge in [-0.15, -0.1) is 0 Å². The molecule has 1 saturated heterocycles. The molecular formula is C26H25N7O2. The number of nitrogens with zero attached hydrogens (tertiary/aromatic N) is 4. The van der Waals surface area contributed by atoms with Crippen molar-refractivity contribution in [2.45, 2.75) is 0 Å². The zero-order chi connectivity index (χ0) is 24.2. The Hall–Kier alpha value is -4.50. The number of rotatable bonds is 6. The third kappa shape index (κ3) is 4.90. The fourth-order valence-electron chi connectivity index (χ4n) is 3.99. The Morgan fingerprint density at radius 3 is 2.63 bits per heavy atom. The monoisotopic (exact) mass is 467 g/mol. The van der Waals surface area contributed by atoms with Gasteiger partial charge in [0.2, 0.25) is 11.9 Å². The zero-order valence-electron chi connectivity index (χ0n) is 19.1. The van der Waals surface area contributed by atoms with Crippen LogP contribution in [0.3, 0.4) is 0 Å². The molecule has 1 amide bonds. The number of carbonyl (C=O) groups is 1. The van der Waals surface area contributed by atoms with Crippen molar-refractivity contribution in [3.05, 3.63) is 73.4 Å². The maximum absolute atomic E-state index is 11.7. The van der Waals surface area contributed by atoms with E-state index in [0.717, 1.165) is 48.6 Å². The minimum atomic E-state index is -0.294. The van der Waals surface area contributed by atoms with Gasteiger partial charge >= 0.3 is 0 Å². The second kappa shape index (κ2) is 9.78. The number of morpholine rings is 1. The summed E-state index contributed by atoms with van der Waals surface area (Å²) >= 11 is 0. The maximum Gasteiger partial charge on any atom is 0.247 e. The molecular weight excluding hydrogens is 442 g/mol. The molecule has 5 rings (SSSR count). The summed E-state index contributed by atoms with van der Waals surface area (Å²) in [4.78, 5) is 27.7. The number of amides is 1. The largest absolute Gasteiger partial charge is 0.383 e. The lowest BCUT2D eigenvalue weighted by molar-refractivity contribution is -0.111. The lowest BCUT2D eigenvalue weighted by Crippen LogP contribution is -2.36. The number of para-hydroxylation sites is 1. The summed E-state index contributed by atoms with van der Waals surface area (Å²) in [6, 6.07) is 17.3. The number of pyridine rings is 1. The van der Waals surface area contributed by atoms with Gasteiger partial charge in [0.25, 0.3) is 0 Å². The van der Waals surface area contributed by atoms with Gasteiger partial charge in [-0.25, -0.2) is 4.98 Å². The summed E-state index contributed by atoms with van der Waals surface area (Å²) in [6.45, 7) is 6.73. The van der Waals surface area contributed by atoms with Crippen molar-refractivity contribution in [2.75, 3.05) is 47.6 Å². The van der Waals surface area contributed by atoms with Gasteiger partial charge in [-0.1, -0.05) is 18.7 Å². The molecule has 1 aliphatic heterocycles. The Labute approximate surface area is 202 Å². The van der Waals surface area contributed by atoms with Gasteiger partial charge in [-0.3, -0.25) is 9.78 Å². The quantitative estimate of drug-likeness (QED) is 0.365. The molecule has 9 nitrogen and oxygen atoms in total. The molecule has 35 heavy (non-hydrogen) atoms. The average Bonchev–Trinajstić information content (AvgIpc) is 2.89. The molecule has 0 atom stereocenters. The highest BCUT2D eigenvalue weighted by Crippen LogP contribution is 2.31. The van der Waals surface area contributed by atoms with Crippen LogP contribution in [0.5, 0.6) is 0 Å². The van der Waals surface area contributed by atoms with Crippen LogP contribution in [0.15, 0.2) is 73.4 Å².